The van der Waals surface area contributed by atoms with Gasteiger partial charge in [0.05, 0.1) is 6.10 Å². The van der Waals surface area contributed by atoms with E-state index in [2.05, 4.69) is 57.3 Å². The molecular weight excluding hydrogens is 234 g/mol. The zero-order valence-electron chi connectivity index (χ0n) is 12.9. The van der Waals surface area contributed by atoms with Gasteiger partial charge >= 0.3 is 0 Å². The second-order valence-electron chi connectivity index (χ2n) is 6.37. The van der Waals surface area contributed by atoms with Crippen LogP contribution in [-0.4, -0.2) is 19.3 Å². The van der Waals surface area contributed by atoms with Gasteiger partial charge in [0.1, 0.15) is 0 Å². The molecule has 2 heteroatoms. The van der Waals surface area contributed by atoms with Crippen molar-refractivity contribution in [3.8, 4) is 0 Å². The lowest BCUT2D eigenvalue weighted by Gasteiger charge is -2.52. The monoisotopic (exact) mass is 261 g/mol. The van der Waals surface area contributed by atoms with Crippen molar-refractivity contribution in [2.75, 3.05) is 7.11 Å². The summed E-state index contributed by atoms with van der Waals surface area (Å²) >= 11 is 0. The van der Waals surface area contributed by atoms with Gasteiger partial charge in [-0.15, -0.1) is 0 Å². The van der Waals surface area contributed by atoms with Crippen LogP contribution >= 0.6 is 0 Å². The average molecular weight is 261 g/mol. The Labute approximate surface area is 117 Å². The van der Waals surface area contributed by atoms with Gasteiger partial charge in [-0.2, -0.15) is 0 Å². The summed E-state index contributed by atoms with van der Waals surface area (Å²) in [5.74, 6) is 0. The lowest BCUT2D eigenvalue weighted by Crippen LogP contribution is -2.61. The Hall–Kier alpha value is -0.860. The number of ether oxygens (including phenoxy) is 1. The van der Waals surface area contributed by atoms with Crippen molar-refractivity contribution in [1.29, 1.82) is 0 Å². The highest BCUT2D eigenvalue weighted by molar-refractivity contribution is 5.24. The summed E-state index contributed by atoms with van der Waals surface area (Å²) in [6.45, 7) is 8.97. The maximum Gasteiger partial charge on any atom is 0.0652 e. The first kappa shape index (κ1) is 14.5. The topological polar surface area (TPSA) is 21.3 Å². The van der Waals surface area contributed by atoms with Gasteiger partial charge in [-0.3, -0.25) is 0 Å². The third kappa shape index (κ3) is 2.85. The highest BCUT2D eigenvalue weighted by Gasteiger charge is 2.48. The summed E-state index contributed by atoms with van der Waals surface area (Å²) in [5.41, 5.74) is 2.94. The molecule has 3 atom stereocenters. The molecule has 1 N–H and O–H groups in total. The minimum atomic E-state index is 0.229. The lowest BCUT2D eigenvalue weighted by molar-refractivity contribution is -0.100. The average Bonchev–Trinajstić information content (AvgIpc) is 2.39. The lowest BCUT2D eigenvalue weighted by atomic mass is 9.64. The highest BCUT2D eigenvalue weighted by atomic mass is 16.5. The number of aryl methyl sites for hydroxylation is 1. The van der Waals surface area contributed by atoms with Crippen LogP contribution in [0.2, 0.25) is 0 Å². The zero-order chi connectivity index (χ0) is 14.0. The quantitative estimate of drug-likeness (QED) is 0.869. The summed E-state index contributed by atoms with van der Waals surface area (Å²) < 4.78 is 5.53. The Bertz CT molecular complexity index is 410. The molecule has 19 heavy (non-hydrogen) atoms. The molecule has 0 bridgehead atoms. The number of hydrogen-bond donors (Lipinski definition) is 1. The summed E-state index contributed by atoms with van der Waals surface area (Å²) in [6.07, 6.45) is 2.62. The molecule has 0 spiro atoms. The second-order valence-corrected chi connectivity index (χ2v) is 6.37. The van der Waals surface area contributed by atoms with Crippen LogP contribution in [0, 0.1) is 12.3 Å². The minimum Gasteiger partial charge on any atom is -0.381 e. The van der Waals surface area contributed by atoms with Crippen LogP contribution in [0.5, 0.6) is 0 Å². The molecule has 0 aliphatic heterocycles. The summed E-state index contributed by atoms with van der Waals surface area (Å²) in [4.78, 5) is 0. The summed E-state index contributed by atoms with van der Waals surface area (Å²) in [5, 5.41) is 3.81. The molecule has 0 amide bonds. The van der Waals surface area contributed by atoms with Gasteiger partial charge in [-0.1, -0.05) is 50.6 Å². The molecule has 1 aromatic carbocycles. The third-order valence-corrected chi connectivity index (χ3v) is 4.75. The number of rotatable bonds is 5. The summed E-state index contributed by atoms with van der Waals surface area (Å²) in [6, 6.07) is 9.88. The molecule has 1 fully saturated rings. The predicted molar refractivity (Wildman–Crippen MR) is 80.3 cm³/mol. The molecule has 1 aliphatic carbocycles. The van der Waals surface area contributed by atoms with Crippen LogP contribution in [-0.2, 0) is 4.74 Å². The van der Waals surface area contributed by atoms with E-state index in [9.17, 15) is 0 Å². The number of nitrogens with one attached hydrogen (secondary N) is 1. The number of benzene rings is 1. The Morgan fingerprint density at radius 2 is 1.95 bits per heavy atom. The standard InChI is InChI=1S/C17H27NO/c1-6-14(13-9-7-12(2)8-10-13)18-15-11-16(19-5)17(15,3)4/h7-10,14-16,18H,6,11H2,1-5H3. The highest BCUT2D eigenvalue weighted by Crippen LogP contribution is 2.43. The van der Waals surface area contributed by atoms with Crippen molar-refractivity contribution in [2.24, 2.45) is 5.41 Å². The fourth-order valence-corrected chi connectivity index (χ4v) is 3.06. The van der Waals surface area contributed by atoms with Gasteiger partial charge in [0.2, 0.25) is 0 Å². The molecule has 3 unspecified atom stereocenters. The van der Waals surface area contributed by atoms with Crippen molar-refractivity contribution < 1.29 is 4.74 Å². The molecular formula is C17H27NO. The predicted octanol–water partition coefficient (Wildman–Crippen LogP) is 3.85. The maximum absolute atomic E-state index is 5.53. The Balaban J connectivity index is 2.03. The third-order valence-electron chi connectivity index (χ3n) is 4.75. The van der Waals surface area contributed by atoms with Gasteiger partial charge in [0.25, 0.3) is 0 Å². The molecule has 0 heterocycles. The second kappa shape index (κ2) is 5.64. The summed E-state index contributed by atoms with van der Waals surface area (Å²) in [7, 11) is 1.82. The van der Waals surface area contributed by atoms with E-state index in [1.807, 2.05) is 7.11 Å². The van der Waals surface area contributed by atoms with Crippen molar-refractivity contribution in [2.45, 2.75) is 58.7 Å². The van der Waals surface area contributed by atoms with Gasteiger partial charge < -0.3 is 10.1 Å². The van der Waals surface area contributed by atoms with Crippen LogP contribution in [0.4, 0.5) is 0 Å². The normalized spacial score (nSPS) is 26.8. The van der Waals surface area contributed by atoms with E-state index in [4.69, 9.17) is 4.74 Å². The molecule has 0 aromatic heterocycles. The first-order chi connectivity index (χ1) is 8.98. The van der Waals surface area contributed by atoms with Crippen molar-refractivity contribution in [3.05, 3.63) is 35.4 Å². The van der Waals surface area contributed by atoms with Crippen LogP contribution < -0.4 is 5.32 Å². The van der Waals surface area contributed by atoms with Crippen LogP contribution in [0.15, 0.2) is 24.3 Å². The van der Waals surface area contributed by atoms with Crippen molar-refractivity contribution >= 4 is 0 Å². The molecule has 2 rings (SSSR count). The van der Waals surface area contributed by atoms with Crippen LogP contribution in [0.1, 0.15) is 50.8 Å². The molecule has 1 saturated carbocycles. The van der Waals surface area contributed by atoms with Crippen molar-refractivity contribution in [3.63, 3.8) is 0 Å². The van der Waals surface area contributed by atoms with E-state index in [1.54, 1.807) is 0 Å². The first-order valence-electron chi connectivity index (χ1n) is 7.34. The Morgan fingerprint density at radius 3 is 2.42 bits per heavy atom. The smallest absolute Gasteiger partial charge is 0.0652 e. The number of hydrogen-bond acceptors (Lipinski definition) is 2. The van der Waals surface area contributed by atoms with E-state index in [0.717, 1.165) is 12.8 Å². The van der Waals surface area contributed by atoms with E-state index < -0.39 is 0 Å². The molecule has 1 aromatic rings. The van der Waals surface area contributed by atoms with Crippen LogP contribution in [0.25, 0.3) is 0 Å². The molecule has 106 valence electrons. The fourth-order valence-electron chi connectivity index (χ4n) is 3.06. The largest absolute Gasteiger partial charge is 0.381 e. The van der Waals surface area contributed by atoms with Crippen molar-refractivity contribution in [1.82, 2.24) is 5.32 Å². The molecule has 2 nitrogen and oxygen atoms in total. The van der Waals surface area contributed by atoms with Gasteiger partial charge in [0.15, 0.2) is 0 Å². The van der Waals surface area contributed by atoms with E-state index in [0.29, 0.717) is 18.2 Å². The zero-order valence-corrected chi connectivity index (χ0v) is 12.9. The molecule has 0 radical (unpaired) electrons. The van der Waals surface area contributed by atoms with E-state index in [-0.39, 0.29) is 5.41 Å². The Morgan fingerprint density at radius 1 is 1.32 bits per heavy atom. The molecule has 0 saturated heterocycles. The van der Waals surface area contributed by atoms with Gasteiger partial charge in [0, 0.05) is 24.6 Å². The maximum atomic E-state index is 5.53. The van der Waals surface area contributed by atoms with E-state index in [1.165, 1.54) is 11.1 Å². The SMILES string of the molecule is CCC(NC1CC(OC)C1(C)C)c1ccc(C)cc1. The van der Waals surface area contributed by atoms with E-state index >= 15 is 0 Å². The van der Waals surface area contributed by atoms with Crippen LogP contribution in [0.3, 0.4) is 0 Å². The first-order valence-corrected chi connectivity index (χ1v) is 7.34. The van der Waals surface area contributed by atoms with Gasteiger partial charge in [-0.25, -0.2) is 0 Å². The fraction of sp³-hybridized carbons (Fsp3) is 0.647. The number of methoxy groups -OCH3 is 1. The minimum absolute atomic E-state index is 0.229. The Kier molecular flexibility index (Phi) is 4.32. The van der Waals surface area contributed by atoms with Gasteiger partial charge in [-0.05, 0) is 25.3 Å². The molecule has 1 aliphatic rings.